The van der Waals surface area contributed by atoms with Gasteiger partial charge in [0, 0.05) is 23.6 Å². The smallest absolute Gasteiger partial charge is 0.238 e. The molecule has 0 fully saturated rings. The summed E-state index contributed by atoms with van der Waals surface area (Å²) in [6.45, 7) is 6.27. The highest BCUT2D eigenvalue weighted by atomic mass is 32.2. The van der Waals surface area contributed by atoms with E-state index in [1.807, 2.05) is 44.2 Å². The lowest BCUT2D eigenvalue weighted by atomic mass is 10.1. The first kappa shape index (κ1) is 26.2. The summed E-state index contributed by atoms with van der Waals surface area (Å²) < 4.78 is 22.9. The van der Waals surface area contributed by atoms with E-state index in [2.05, 4.69) is 37.8 Å². The number of aryl methyl sites for hydroxylation is 3. The molecule has 0 unspecified atom stereocenters. The van der Waals surface area contributed by atoms with Gasteiger partial charge in [-0.1, -0.05) is 37.3 Å². The zero-order valence-corrected chi connectivity index (χ0v) is 21.5. The number of anilines is 2. The van der Waals surface area contributed by atoms with Crippen molar-refractivity contribution in [1.82, 2.24) is 15.3 Å². The molecule has 0 bridgehead atoms. The van der Waals surface area contributed by atoms with E-state index < -0.39 is 10.0 Å². The summed E-state index contributed by atoms with van der Waals surface area (Å²) in [5.74, 6) is 0.797. The molecule has 0 aliphatic carbocycles. The van der Waals surface area contributed by atoms with Gasteiger partial charge in [-0.3, -0.25) is 10.3 Å². The Morgan fingerprint density at radius 3 is 2.31 bits per heavy atom. The molecule has 3 rings (SSSR count). The van der Waals surface area contributed by atoms with Crippen LogP contribution in [0, 0.1) is 13.8 Å². The molecule has 0 saturated heterocycles. The molecule has 1 heterocycles. The summed E-state index contributed by atoms with van der Waals surface area (Å²) >= 11 is 5.53. The van der Waals surface area contributed by atoms with E-state index in [9.17, 15) is 8.42 Å². The summed E-state index contributed by atoms with van der Waals surface area (Å²) in [6, 6.07) is 16.2. The fraction of sp³-hybridized carbons (Fsp3) is 0.250. The highest BCUT2D eigenvalue weighted by Gasteiger charge is 2.09. The van der Waals surface area contributed by atoms with Crippen LogP contribution in [-0.2, 0) is 22.9 Å². The van der Waals surface area contributed by atoms with Crippen LogP contribution in [-0.4, -0.2) is 36.0 Å². The van der Waals surface area contributed by atoms with Crippen molar-refractivity contribution in [3.63, 3.8) is 0 Å². The Morgan fingerprint density at radius 2 is 1.69 bits per heavy atom. The molecule has 11 heteroatoms. The number of nitrogens with zero attached hydrogens (tertiary/aromatic N) is 3. The van der Waals surface area contributed by atoms with Crippen molar-refractivity contribution in [2.45, 2.75) is 38.5 Å². The second kappa shape index (κ2) is 11.8. The number of rotatable bonds is 7. The first-order valence-corrected chi connectivity index (χ1v) is 13.0. The highest BCUT2D eigenvalue weighted by molar-refractivity contribution is 7.89. The normalized spacial score (nSPS) is 11.7. The van der Waals surface area contributed by atoms with Gasteiger partial charge >= 0.3 is 0 Å². The van der Waals surface area contributed by atoms with Crippen LogP contribution >= 0.6 is 12.2 Å². The maximum Gasteiger partial charge on any atom is 0.238 e. The molecule has 0 radical (unpaired) electrons. The Morgan fingerprint density at radius 1 is 1.03 bits per heavy atom. The second-order valence-corrected chi connectivity index (χ2v) is 9.83. The molecule has 0 amide bonds. The van der Waals surface area contributed by atoms with Crippen LogP contribution in [0.15, 0.2) is 64.5 Å². The Bertz CT molecular complexity index is 1300. The number of hydrogen-bond donors (Lipinski definition) is 4. The molecule has 0 spiro atoms. The van der Waals surface area contributed by atoms with Crippen LogP contribution in [0.25, 0.3) is 0 Å². The van der Waals surface area contributed by atoms with E-state index in [0.717, 1.165) is 34.6 Å². The monoisotopic (exact) mass is 511 g/mol. The van der Waals surface area contributed by atoms with Crippen LogP contribution in [0.5, 0.6) is 0 Å². The molecular formula is C24H29N7O2S2. The Labute approximate surface area is 211 Å². The van der Waals surface area contributed by atoms with Crippen LogP contribution in [0.3, 0.4) is 0 Å². The third-order valence-electron chi connectivity index (χ3n) is 5.01. The number of hydrogen-bond acceptors (Lipinski definition) is 6. The number of benzene rings is 2. The third kappa shape index (κ3) is 8.09. The lowest BCUT2D eigenvalue weighted by molar-refractivity contribution is 0.598. The van der Waals surface area contributed by atoms with Gasteiger partial charge in [0.05, 0.1) is 4.90 Å². The largest absolute Gasteiger partial charge is 0.332 e. The van der Waals surface area contributed by atoms with Crippen molar-refractivity contribution in [2.75, 3.05) is 17.2 Å². The van der Waals surface area contributed by atoms with E-state index in [0.29, 0.717) is 30.0 Å². The van der Waals surface area contributed by atoms with E-state index in [1.54, 1.807) is 12.1 Å². The molecule has 5 N–H and O–H groups in total. The van der Waals surface area contributed by atoms with Gasteiger partial charge in [0.2, 0.25) is 21.9 Å². The van der Waals surface area contributed by atoms with Crippen molar-refractivity contribution in [1.29, 1.82) is 0 Å². The second-order valence-electron chi connectivity index (χ2n) is 7.86. The molecule has 0 aliphatic heterocycles. The van der Waals surface area contributed by atoms with Crippen molar-refractivity contribution in [3.05, 3.63) is 77.1 Å². The summed E-state index contributed by atoms with van der Waals surface area (Å²) in [5.41, 5.74) is 4.63. The Balaban J connectivity index is 1.75. The van der Waals surface area contributed by atoms with Crippen LogP contribution in [0.1, 0.15) is 29.4 Å². The van der Waals surface area contributed by atoms with Crippen LogP contribution in [0.4, 0.5) is 11.6 Å². The maximum absolute atomic E-state index is 11.5. The lowest BCUT2D eigenvalue weighted by Gasteiger charge is -2.16. The van der Waals surface area contributed by atoms with E-state index in [1.165, 1.54) is 12.1 Å². The zero-order valence-electron chi connectivity index (χ0n) is 19.9. The molecule has 0 saturated carbocycles. The van der Waals surface area contributed by atoms with Crippen LogP contribution < -0.4 is 21.1 Å². The van der Waals surface area contributed by atoms with Crippen molar-refractivity contribution >= 4 is 44.9 Å². The van der Waals surface area contributed by atoms with Crippen molar-refractivity contribution in [2.24, 2.45) is 10.1 Å². The number of guanidine groups is 1. The Kier molecular flexibility index (Phi) is 8.85. The van der Waals surface area contributed by atoms with Gasteiger partial charge < -0.3 is 10.6 Å². The average molecular weight is 512 g/mol. The van der Waals surface area contributed by atoms with E-state index >= 15 is 0 Å². The van der Waals surface area contributed by atoms with Gasteiger partial charge in [-0.25, -0.2) is 23.5 Å². The fourth-order valence-electron chi connectivity index (χ4n) is 3.35. The number of aromatic nitrogens is 2. The minimum Gasteiger partial charge on any atom is -0.332 e. The minimum absolute atomic E-state index is 0.0736. The number of nitrogens with one attached hydrogen (secondary N) is 3. The zero-order chi connectivity index (χ0) is 25.4. The fourth-order valence-corrected chi connectivity index (χ4v) is 4.07. The number of thiocarbonyl (C=S) groups is 1. The predicted molar refractivity (Wildman–Crippen MR) is 144 cm³/mol. The third-order valence-corrected chi connectivity index (χ3v) is 6.15. The number of sulfonamides is 1. The number of para-hydroxylation sites is 1. The quantitative estimate of drug-likeness (QED) is 0.216. The summed E-state index contributed by atoms with van der Waals surface area (Å²) in [4.78, 5) is 13.5. The molecule has 0 atom stereocenters. The van der Waals surface area contributed by atoms with E-state index in [-0.39, 0.29) is 4.90 Å². The van der Waals surface area contributed by atoms with Crippen molar-refractivity contribution in [3.8, 4) is 0 Å². The maximum atomic E-state index is 11.5. The lowest BCUT2D eigenvalue weighted by Crippen LogP contribution is -2.39. The molecule has 0 aliphatic rings. The molecule has 184 valence electrons. The molecule has 9 nitrogen and oxygen atoms in total. The van der Waals surface area contributed by atoms with Crippen molar-refractivity contribution < 1.29 is 8.42 Å². The number of aliphatic imine (C=N–C) groups is 1. The standard InChI is InChI=1S/C24H29N7O2S2/c1-4-19-7-5-6-8-21(19)29-24(34)31-22(30-23-27-16(2)15-17(3)28-23)26-14-13-18-9-11-20(12-10-18)35(25,32)33/h5-12,15H,4,13-14H2,1-3H3,(H2,25,32,33)(H3,26,27,28,29,30,31,34). The molecular weight excluding hydrogens is 482 g/mol. The summed E-state index contributed by atoms with van der Waals surface area (Å²) in [7, 11) is -3.72. The number of primary sulfonamides is 1. The van der Waals surface area contributed by atoms with Gasteiger partial charge in [0.25, 0.3) is 0 Å². The first-order valence-electron chi connectivity index (χ1n) is 11.1. The molecule has 2 aromatic carbocycles. The summed E-state index contributed by atoms with van der Waals surface area (Å²) in [6.07, 6.45) is 1.44. The first-order chi connectivity index (χ1) is 16.6. The Hall–Kier alpha value is -3.41. The highest BCUT2D eigenvalue weighted by Crippen LogP contribution is 2.15. The SMILES string of the molecule is CCc1ccccc1NC(=S)NC(=NCCc1ccc(S(N)(=O)=O)cc1)Nc1nc(C)cc(C)n1. The number of nitrogens with two attached hydrogens (primary N) is 1. The van der Waals surface area contributed by atoms with Crippen LogP contribution in [0.2, 0.25) is 0 Å². The topological polar surface area (TPSA) is 134 Å². The minimum atomic E-state index is -3.72. The van der Waals surface area contributed by atoms with Gasteiger partial charge in [0.1, 0.15) is 0 Å². The van der Waals surface area contributed by atoms with Gasteiger partial charge in [-0.15, -0.1) is 0 Å². The van der Waals surface area contributed by atoms with Gasteiger partial charge in [-0.05, 0) is 74.3 Å². The molecule has 35 heavy (non-hydrogen) atoms. The predicted octanol–water partition coefficient (Wildman–Crippen LogP) is 3.30. The average Bonchev–Trinajstić information content (AvgIpc) is 2.78. The van der Waals surface area contributed by atoms with Gasteiger partial charge in [-0.2, -0.15) is 0 Å². The van der Waals surface area contributed by atoms with Gasteiger partial charge in [0.15, 0.2) is 5.11 Å². The van der Waals surface area contributed by atoms with E-state index in [4.69, 9.17) is 17.4 Å². The molecule has 1 aromatic heterocycles. The molecule has 3 aromatic rings. The summed E-state index contributed by atoms with van der Waals surface area (Å²) in [5, 5.41) is 15.0.